The zero-order valence-corrected chi connectivity index (χ0v) is 10.4. The van der Waals surface area contributed by atoms with Crippen LogP contribution in [0, 0.1) is 5.82 Å². The minimum absolute atomic E-state index is 0.00183. The maximum absolute atomic E-state index is 12.7. The van der Waals surface area contributed by atoms with Crippen molar-refractivity contribution in [3.05, 3.63) is 35.6 Å². The largest absolute Gasteiger partial charge is 0.351 e. The van der Waals surface area contributed by atoms with E-state index in [2.05, 4.69) is 5.32 Å². The standard InChI is InChI=1S/C13H19FN2O/c1-3-16(4-2)10-13(17)15-9-11-5-7-12(14)8-6-11/h5-8H,3-4,9-10H2,1-2H3,(H,15,17). The lowest BCUT2D eigenvalue weighted by molar-refractivity contribution is -0.122. The van der Waals surface area contributed by atoms with Crippen molar-refractivity contribution in [2.75, 3.05) is 19.6 Å². The third kappa shape index (κ3) is 4.95. The molecule has 0 bridgehead atoms. The Hall–Kier alpha value is -1.42. The van der Waals surface area contributed by atoms with Crippen LogP contribution in [0.25, 0.3) is 0 Å². The first-order valence-corrected chi connectivity index (χ1v) is 5.89. The Morgan fingerprint density at radius 1 is 1.24 bits per heavy atom. The fraction of sp³-hybridized carbons (Fsp3) is 0.462. The SMILES string of the molecule is CCN(CC)CC(=O)NCc1ccc(F)cc1. The first kappa shape index (κ1) is 13.6. The first-order valence-electron chi connectivity index (χ1n) is 5.89. The summed E-state index contributed by atoms with van der Waals surface area (Å²) in [6, 6.07) is 6.14. The van der Waals surface area contributed by atoms with Gasteiger partial charge >= 0.3 is 0 Å². The van der Waals surface area contributed by atoms with Gasteiger partial charge in [0.1, 0.15) is 5.82 Å². The van der Waals surface area contributed by atoms with Gasteiger partial charge in [0.2, 0.25) is 5.91 Å². The van der Waals surface area contributed by atoms with E-state index in [0.717, 1.165) is 18.7 Å². The van der Waals surface area contributed by atoms with Crippen molar-refractivity contribution in [2.24, 2.45) is 0 Å². The molecule has 94 valence electrons. The van der Waals surface area contributed by atoms with Crippen LogP contribution in [0.2, 0.25) is 0 Å². The molecule has 0 spiro atoms. The summed E-state index contributed by atoms with van der Waals surface area (Å²) in [5.74, 6) is -0.263. The second-order valence-electron chi connectivity index (χ2n) is 3.86. The van der Waals surface area contributed by atoms with Crippen LogP contribution in [0.5, 0.6) is 0 Å². The van der Waals surface area contributed by atoms with E-state index in [0.29, 0.717) is 13.1 Å². The third-order valence-corrected chi connectivity index (χ3v) is 2.66. The molecule has 1 aromatic carbocycles. The second-order valence-corrected chi connectivity index (χ2v) is 3.86. The molecule has 0 fully saturated rings. The van der Waals surface area contributed by atoms with Crippen molar-refractivity contribution in [1.82, 2.24) is 10.2 Å². The van der Waals surface area contributed by atoms with Crippen LogP contribution in [0.3, 0.4) is 0 Å². The molecule has 3 nitrogen and oxygen atoms in total. The number of carbonyl (C=O) groups is 1. The maximum Gasteiger partial charge on any atom is 0.234 e. The molecule has 0 saturated heterocycles. The van der Waals surface area contributed by atoms with Gasteiger partial charge in [-0.2, -0.15) is 0 Å². The van der Waals surface area contributed by atoms with Crippen LogP contribution in [0.4, 0.5) is 4.39 Å². The number of hydrogen-bond acceptors (Lipinski definition) is 2. The van der Waals surface area contributed by atoms with Crippen molar-refractivity contribution in [3.8, 4) is 0 Å². The second kappa shape index (κ2) is 7.01. The number of benzene rings is 1. The molecular formula is C13H19FN2O. The van der Waals surface area contributed by atoms with Gasteiger partial charge in [0, 0.05) is 6.54 Å². The summed E-state index contributed by atoms with van der Waals surface area (Å²) in [7, 11) is 0. The van der Waals surface area contributed by atoms with Crippen molar-refractivity contribution >= 4 is 5.91 Å². The predicted octanol–water partition coefficient (Wildman–Crippen LogP) is 1.78. The monoisotopic (exact) mass is 238 g/mol. The van der Waals surface area contributed by atoms with Gasteiger partial charge in [-0.15, -0.1) is 0 Å². The smallest absolute Gasteiger partial charge is 0.234 e. The van der Waals surface area contributed by atoms with Crippen LogP contribution >= 0.6 is 0 Å². The number of amides is 1. The molecule has 0 atom stereocenters. The Morgan fingerprint density at radius 2 is 1.82 bits per heavy atom. The minimum Gasteiger partial charge on any atom is -0.351 e. The van der Waals surface area contributed by atoms with Gasteiger partial charge in [-0.25, -0.2) is 4.39 Å². The Kier molecular flexibility index (Phi) is 5.63. The number of likely N-dealkylation sites (N-methyl/N-ethyl adjacent to an activating group) is 1. The highest BCUT2D eigenvalue weighted by atomic mass is 19.1. The van der Waals surface area contributed by atoms with E-state index in [-0.39, 0.29) is 11.7 Å². The molecule has 0 aliphatic rings. The van der Waals surface area contributed by atoms with E-state index in [9.17, 15) is 9.18 Å². The number of halogens is 1. The molecule has 1 aromatic rings. The lowest BCUT2D eigenvalue weighted by Gasteiger charge is -2.17. The van der Waals surface area contributed by atoms with Crippen LogP contribution in [0.1, 0.15) is 19.4 Å². The molecule has 1 amide bonds. The lowest BCUT2D eigenvalue weighted by Crippen LogP contribution is -2.36. The van der Waals surface area contributed by atoms with Gasteiger partial charge in [0.25, 0.3) is 0 Å². The summed E-state index contributed by atoms with van der Waals surface area (Å²) >= 11 is 0. The third-order valence-electron chi connectivity index (χ3n) is 2.66. The van der Waals surface area contributed by atoms with E-state index in [1.54, 1.807) is 12.1 Å². The molecular weight excluding hydrogens is 219 g/mol. The molecule has 17 heavy (non-hydrogen) atoms. The molecule has 0 saturated carbocycles. The Labute approximate surface area is 102 Å². The molecule has 1 N–H and O–H groups in total. The normalized spacial score (nSPS) is 10.6. The zero-order chi connectivity index (χ0) is 12.7. The average molecular weight is 238 g/mol. The Balaban J connectivity index is 2.35. The first-order chi connectivity index (χ1) is 8.15. The highest BCUT2D eigenvalue weighted by Gasteiger charge is 2.06. The van der Waals surface area contributed by atoms with Crippen molar-refractivity contribution in [1.29, 1.82) is 0 Å². The summed E-state index contributed by atoms with van der Waals surface area (Å²) < 4.78 is 12.7. The van der Waals surface area contributed by atoms with Crippen LogP contribution in [-0.4, -0.2) is 30.4 Å². The fourth-order valence-corrected chi connectivity index (χ4v) is 1.51. The molecule has 0 radical (unpaired) electrons. The van der Waals surface area contributed by atoms with Crippen LogP contribution < -0.4 is 5.32 Å². The quantitative estimate of drug-likeness (QED) is 0.819. The van der Waals surface area contributed by atoms with Gasteiger partial charge in [-0.05, 0) is 30.8 Å². The van der Waals surface area contributed by atoms with Crippen molar-refractivity contribution < 1.29 is 9.18 Å². The van der Waals surface area contributed by atoms with Gasteiger partial charge < -0.3 is 5.32 Å². The van der Waals surface area contributed by atoms with Crippen LogP contribution in [0.15, 0.2) is 24.3 Å². The molecule has 0 aromatic heterocycles. The van der Waals surface area contributed by atoms with Gasteiger partial charge in [-0.3, -0.25) is 9.69 Å². The maximum atomic E-state index is 12.7. The summed E-state index contributed by atoms with van der Waals surface area (Å²) in [6.45, 7) is 6.63. The number of carbonyl (C=O) groups excluding carboxylic acids is 1. The van der Waals surface area contributed by atoms with Gasteiger partial charge in [-0.1, -0.05) is 26.0 Å². The van der Waals surface area contributed by atoms with E-state index in [1.165, 1.54) is 12.1 Å². The molecule has 1 rings (SSSR count). The molecule has 0 unspecified atom stereocenters. The Morgan fingerprint density at radius 3 is 2.35 bits per heavy atom. The van der Waals surface area contributed by atoms with E-state index in [4.69, 9.17) is 0 Å². The van der Waals surface area contributed by atoms with Crippen LogP contribution in [-0.2, 0) is 11.3 Å². The molecule has 4 heteroatoms. The summed E-state index contributed by atoms with van der Waals surface area (Å²) in [6.07, 6.45) is 0. The zero-order valence-electron chi connectivity index (χ0n) is 10.4. The predicted molar refractivity (Wildman–Crippen MR) is 66.0 cm³/mol. The average Bonchev–Trinajstić information content (AvgIpc) is 2.35. The Bertz CT molecular complexity index is 347. The number of nitrogens with zero attached hydrogens (tertiary/aromatic N) is 1. The van der Waals surface area contributed by atoms with E-state index < -0.39 is 0 Å². The van der Waals surface area contributed by atoms with Crippen molar-refractivity contribution in [2.45, 2.75) is 20.4 Å². The van der Waals surface area contributed by atoms with E-state index in [1.807, 2.05) is 18.7 Å². The summed E-state index contributed by atoms with van der Waals surface area (Å²) in [5, 5.41) is 2.81. The van der Waals surface area contributed by atoms with Gasteiger partial charge in [0.05, 0.1) is 6.54 Å². The van der Waals surface area contributed by atoms with Gasteiger partial charge in [0.15, 0.2) is 0 Å². The number of hydrogen-bond donors (Lipinski definition) is 1. The van der Waals surface area contributed by atoms with E-state index >= 15 is 0 Å². The number of rotatable bonds is 6. The summed E-state index contributed by atoms with van der Waals surface area (Å²) in [5.41, 5.74) is 0.902. The highest BCUT2D eigenvalue weighted by molar-refractivity contribution is 5.77. The molecule has 0 heterocycles. The molecule has 0 aliphatic heterocycles. The topological polar surface area (TPSA) is 32.3 Å². The minimum atomic E-state index is -0.261. The summed E-state index contributed by atoms with van der Waals surface area (Å²) in [4.78, 5) is 13.6. The number of nitrogens with one attached hydrogen (secondary N) is 1. The highest BCUT2D eigenvalue weighted by Crippen LogP contribution is 2.01. The lowest BCUT2D eigenvalue weighted by atomic mass is 10.2. The molecule has 0 aliphatic carbocycles. The fourth-order valence-electron chi connectivity index (χ4n) is 1.51. The van der Waals surface area contributed by atoms with Crippen molar-refractivity contribution in [3.63, 3.8) is 0 Å².